The molecule has 1 aromatic rings. The molecule has 2 N–H and O–H groups in total. The van der Waals surface area contributed by atoms with Gasteiger partial charge in [-0.05, 0) is 49.7 Å². The Bertz CT molecular complexity index is 431. The first kappa shape index (κ1) is 14.3. The van der Waals surface area contributed by atoms with Crippen molar-refractivity contribution in [2.45, 2.75) is 58.4 Å². The van der Waals surface area contributed by atoms with Gasteiger partial charge in [-0.15, -0.1) is 0 Å². The Labute approximate surface area is 116 Å². The van der Waals surface area contributed by atoms with Crippen LogP contribution >= 0.6 is 0 Å². The van der Waals surface area contributed by atoms with Crippen molar-refractivity contribution in [1.29, 1.82) is 0 Å². The minimum absolute atomic E-state index is 0.242. The summed E-state index contributed by atoms with van der Waals surface area (Å²) in [5.74, 6) is 0.827. The number of rotatable bonds is 3. The number of ether oxygens (including phenoxy) is 1. The van der Waals surface area contributed by atoms with Gasteiger partial charge in [0, 0.05) is 11.7 Å². The third-order valence-electron chi connectivity index (χ3n) is 4.32. The topological polar surface area (TPSA) is 48.1 Å². The zero-order chi connectivity index (χ0) is 13.9. The molecule has 0 amide bonds. The Balaban J connectivity index is 2.21. The highest BCUT2D eigenvalue weighted by Crippen LogP contribution is 2.41. The number of nitrogens with zero attached hydrogens (tertiary/aromatic N) is 1. The van der Waals surface area contributed by atoms with E-state index in [1.54, 1.807) is 6.20 Å². The maximum absolute atomic E-state index is 6.67. The van der Waals surface area contributed by atoms with E-state index < -0.39 is 0 Å². The molecule has 0 aliphatic heterocycles. The smallest absolute Gasteiger partial charge is 0.137 e. The largest absolute Gasteiger partial charge is 0.492 e. The molecule has 0 radical (unpaired) electrons. The van der Waals surface area contributed by atoms with E-state index in [4.69, 9.17) is 10.5 Å². The maximum Gasteiger partial charge on any atom is 0.137 e. The number of pyridine rings is 1. The van der Waals surface area contributed by atoms with Crippen LogP contribution in [0.3, 0.4) is 0 Å². The molecule has 1 aliphatic carbocycles. The molecule has 1 atom stereocenters. The molecular formula is C16H26N2O. The quantitative estimate of drug-likeness (QED) is 0.846. The fraction of sp³-hybridized carbons (Fsp3) is 0.688. The molecule has 1 heterocycles. The van der Waals surface area contributed by atoms with Gasteiger partial charge in [0.05, 0.1) is 12.8 Å². The Morgan fingerprint density at radius 1 is 1.21 bits per heavy atom. The molecule has 1 aromatic heterocycles. The van der Waals surface area contributed by atoms with Crippen molar-refractivity contribution in [3.05, 3.63) is 24.0 Å². The highest BCUT2D eigenvalue weighted by molar-refractivity contribution is 5.29. The van der Waals surface area contributed by atoms with Crippen LogP contribution in [0, 0.1) is 5.41 Å². The summed E-state index contributed by atoms with van der Waals surface area (Å²) in [7, 11) is 0. The highest BCUT2D eigenvalue weighted by Gasteiger charge is 2.34. The SMILES string of the molecule is CCOc1cncc(C2(N)CCCC(C)(C)CC2)c1. The van der Waals surface area contributed by atoms with E-state index in [9.17, 15) is 0 Å². The standard InChI is InChI=1S/C16H26N2O/c1-4-19-14-10-13(11-18-12-14)16(17)7-5-6-15(2,3)8-9-16/h10-12H,4-9,17H2,1-3H3. The van der Waals surface area contributed by atoms with Gasteiger partial charge in [-0.25, -0.2) is 0 Å². The van der Waals surface area contributed by atoms with E-state index in [1.165, 1.54) is 19.3 Å². The minimum Gasteiger partial charge on any atom is -0.492 e. The molecule has 0 bridgehead atoms. The lowest BCUT2D eigenvalue weighted by atomic mass is 9.81. The number of hydrogen-bond acceptors (Lipinski definition) is 3. The molecule has 0 aromatic carbocycles. The van der Waals surface area contributed by atoms with Gasteiger partial charge in [0.15, 0.2) is 0 Å². The summed E-state index contributed by atoms with van der Waals surface area (Å²) >= 11 is 0. The average Bonchev–Trinajstić information content (AvgIpc) is 2.50. The Kier molecular flexibility index (Phi) is 4.14. The van der Waals surface area contributed by atoms with Crippen LogP contribution in [0.4, 0.5) is 0 Å². The summed E-state index contributed by atoms with van der Waals surface area (Å²) in [6.45, 7) is 7.33. The van der Waals surface area contributed by atoms with Crippen molar-refractivity contribution in [2.24, 2.45) is 11.1 Å². The van der Waals surface area contributed by atoms with Gasteiger partial charge in [0.25, 0.3) is 0 Å². The maximum atomic E-state index is 6.67. The zero-order valence-corrected chi connectivity index (χ0v) is 12.4. The Morgan fingerprint density at radius 2 is 2.00 bits per heavy atom. The van der Waals surface area contributed by atoms with Crippen LogP contribution in [0.15, 0.2) is 18.5 Å². The van der Waals surface area contributed by atoms with Crippen LogP contribution in [0.5, 0.6) is 5.75 Å². The van der Waals surface area contributed by atoms with Crippen molar-refractivity contribution in [3.63, 3.8) is 0 Å². The molecule has 0 saturated heterocycles. The Hall–Kier alpha value is -1.09. The second-order valence-electron chi connectivity index (χ2n) is 6.52. The number of nitrogens with two attached hydrogens (primary N) is 1. The summed E-state index contributed by atoms with van der Waals surface area (Å²) in [4.78, 5) is 4.29. The van der Waals surface area contributed by atoms with Gasteiger partial charge in [-0.3, -0.25) is 4.98 Å². The lowest BCUT2D eigenvalue weighted by Gasteiger charge is -2.29. The fourth-order valence-electron chi connectivity index (χ4n) is 2.92. The van der Waals surface area contributed by atoms with E-state index >= 15 is 0 Å². The number of aromatic nitrogens is 1. The van der Waals surface area contributed by atoms with Crippen LogP contribution in [0.25, 0.3) is 0 Å². The summed E-state index contributed by atoms with van der Waals surface area (Å²) < 4.78 is 5.54. The van der Waals surface area contributed by atoms with Crippen LogP contribution in [0.1, 0.15) is 58.4 Å². The molecule has 1 saturated carbocycles. The molecule has 1 aliphatic rings. The van der Waals surface area contributed by atoms with Gasteiger partial charge < -0.3 is 10.5 Å². The molecule has 2 rings (SSSR count). The first-order valence-electron chi connectivity index (χ1n) is 7.32. The predicted octanol–water partition coefficient (Wildman–Crippen LogP) is 3.62. The third-order valence-corrected chi connectivity index (χ3v) is 4.32. The van der Waals surface area contributed by atoms with Gasteiger partial charge in [-0.1, -0.05) is 20.3 Å². The lowest BCUT2D eigenvalue weighted by Crippen LogP contribution is -2.36. The fourth-order valence-corrected chi connectivity index (χ4v) is 2.92. The molecular weight excluding hydrogens is 236 g/mol. The van der Waals surface area contributed by atoms with Crippen molar-refractivity contribution >= 4 is 0 Å². The lowest BCUT2D eigenvalue weighted by molar-refractivity contribution is 0.298. The summed E-state index contributed by atoms with van der Waals surface area (Å²) in [6.07, 6.45) is 9.33. The highest BCUT2D eigenvalue weighted by atomic mass is 16.5. The monoisotopic (exact) mass is 262 g/mol. The van der Waals surface area contributed by atoms with Crippen molar-refractivity contribution < 1.29 is 4.74 Å². The number of hydrogen-bond donors (Lipinski definition) is 1. The third kappa shape index (κ3) is 3.47. The first-order valence-corrected chi connectivity index (χ1v) is 7.32. The molecule has 1 fully saturated rings. The molecule has 19 heavy (non-hydrogen) atoms. The van der Waals surface area contributed by atoms with Crippen LogP contribution in [-0.2, 0) is 5.54 Å². The van der Waals surface area contributed by atoms with Gasteiger partial charge in [0.2, 0.25) is 0 Å². The van der Waals surface area contributed by atoms with E-state index in [2.05, 4.69) is 24.9 Å². The Morgan fingerprint density at radius 3 is 2.74 bits per heavy atom. The van der Waals surface area contributed by atoms with Crippen molar-refractivity contribution in [2.75, 3.05) is 6.61 Å². The van der Waals surface area contributed by atoms with Crippen molar-refractivity contribution in [3.8, 4) is 5.75 Å². The van der Waals surface area contributed by atoms with E-state index in [0.717, 1.165) is 24.2 Å². The van der Waals surface area contributed by atoms with E-state index in [1.807, 2.05) is 13.1 Å². The van der Waals surface area contributed by atoms with Gasteiger partial charge >= 0.3 is 0 Å². The van der Waals surface area contributed by atoms with Crippen molar-refractivity contribution in [1.82, 2.24) is 4.98 Å². The molecule has 1 unspecified atom stereocenters. The normalized spacial score (nSPS) is 26.7. The first-order chi connectivity index (χ1) is 8.95. The van der Waals surface area contributed by atoms with Crippen LogP contribution in [-0.4, -0.2) is 11.6 Å². The summed E-state index contributed by atoms with van der Waals surface area (Å²) in [5, 5.41) is 0. The minimum atomic E-state index is -0.242. The molecule has 3 nitrogen and oxygen atoms in total. The summed E-state index contributed by atoms with van der Waals surface area (Å²) in [5.41, 5.74) is 7.96. The second-order valence-corrected chi connectivity index (χ2v) is 6.52. The predicted molar refractivity (Wildman–Crippen MR) is 78.1 cm³/mol. The zero-order valence-electron chi connectivity index (χ0n) is 12.4. The average molecular weight is 262 g/mol. The molecule has 3 heteroatoms. The molecule has 0 spiro atoms. The second kappa shape index (κ2) is 5.49. The van der Waals surface area contributed by atoms with Crippen LogP contribution < -0.4 is 10.5 Å². The molecule has 106 valence electrons. The van der Waals surface area contributed by atoms with Crippen LogP contribution in [0.2, 0.25) is 0 Å². The summed E-state index contributed by atoms with van der Waals surface area (Å²) in [6, 6.07) is 2.06. The van der Waals surface area contributed by atoms with E-state index in [-0.39, 0.29) is 5.54 Å². The van der Waals surface area contributed by atoms with Gasteiger partial charge in [0.1, 0.15) is 5.75 Å². The van der Waals surface area contributed by atoms with E-state index in [0.29, 0.717) is 12.0 Å². The van der Waals surface area contributed by atoms with Gasteiger partial charge in [-0.2, -0.15) is 0 Å².